The zero-order valence-electron chi connectivity index (χ0n) is 19.3. The van der Waals surface area contributed by atoms with Gasteiger partial charge in [0.05, 0.1) is 0 Å². The standard InChI is InChI=1S/3C8H9.H3O2PS2.3Zn/c3*1-2-8-6-4-3-5-7-8;1-3(2,4)5;;;/h3*3-6H,2H2,1H3;(H3,1,2,4,5);;;/q3*-1;;3*+2/p-3. The van der Waals surface area contributed by atoms with Crippen LogP contribution in [0.1, 0.15) is 37.5 Å². The van der Waals surface area contributed by atoms with Crippen LogP contribution in [-0.4, -0.2) is 0 Å². The molecule has 0 amide bonds. The third kappa shape index (κ3) is 28.5. The average molecular weight is 639 g/mol. The van der Waals surface area contributed by atoms with Gasteiger partial charge >= 0.3 is 58.4 Å². The van der Waals surface area contributed by atoms with Gasteiger partial charge in [0, 0.05) is 0 Å². The van der Waals surface area contributed by atoms with Crippen molar-refractivity contribution in [1.82, 2.24) is 0 Å². The van der Waals surface area contributed by atoms with E-state index in [1.54, 1.807) is 0 Å². The molecular weight excluding hydrogens is 612 g/mol. The van der Waals surface area contributed by atoms with Crippen molar-refractivity contribution in [3.63, 3.8) is 0 Å². The van der Waals surface area contributed by atoms with Crippen molar-refractivity contribution in [2.24, 2.45) is 0 Å². The van der Waals surface area contributed by atoms with Crippen molar-refractivity contribution in [3.05, 3.63) is 108 Å². The predicted octanol–water partition coefficient (Wildman–Crippen LogP) is 4.62. The van der Waals surface area contributed by atoms with Gasteiger partial charge < -0.3 is 27.7 Å². The van der Waals surface area contributed by atoms with E-state index in [0.29, 0.717) is 0 Å². The molecular formula is C24H27O2PS2Zn3. The molecule has 0 bridgehead atoms. The third-order valence-electron chi connectivity index (χ3n) is 3.46. The van der Waals surface area contributed by atoms with Gasteiger partial charge in [-0.25, -0.2) is 0 Å². The minimum absolute atomic E-state index is 0. The number of hydrogen-bond donors (Lipinski definition) is 0. The van der Waals surface area contributed by atoms with Gasteiger partial charge in [-0.05, 0) is 0 Å². The van der Waals surface area contributed by atoms with Crippen LogP contribution in [0.15, 0.2) is 72.8 Å². The third-order valence-corrected chi connectivity index (χ3v) is 3.46. The van der Waals surface area contributed by atoms with Crippen molar-refractivity contribution in [2.75, 3.05) is 0 Å². The number of benzene rings is 3. The molecule has 0 aliphatic heterocycles. The van der Waals surface area contributed by atoms with E-state index >= 15 is 0 Å². The number of rotatable bonds is 3. The van der Waals surface area contributed by atoms with E-state index < -0.39 is 5.69 Å². The zero-order chi connectivity index (χ0) is 22.0. The summed E-state index contributed by atoms with van der Waals surface area (Å²) in [5.74, 6) is 0. The quantitative estimate of drug-likeness (QED) is 0.182. The van der Waals surface area contributed by atoms with Gasteiger partial charge in [-0.2, -0.15) is 119 Å². The van der Waals surface area contributed by atoms with Gasteiger partial charge in [-0.1, -0.05) is 40.0 Å². The van der Waals surface area contributed by atoms with Crippen LogP contribution in [0.4, 0.5) is 0 Å². The molecule has 0 aliphatic carbocycles. The minimum atomic E-state index is -3.72. The van der Waals surface area contributed by atoms with Crippen LogP contribution in [0.25, 0.3) is 0 Å². The molecule has 32 heavy (non-hydrogen) atoms. The summed E-state index contributed by atoms with van der Waals surface area (Å²) in [6.07, 6.45) is 3.25. The topological polar surface area (TPSA) is 46.1 Å². The van der Waals surface area contributed by atoms with E-state index in [2.05, 4.69) is 81.2 Å². The smallest absolute Gasteiger partial charge is 0.850 e. The van der Waals surface area contributed by atoms with Crippen LogP contribution in [-0.2, 0) is 102 Å². The summed E-state index contributed by atoms with van der Waals surface area (Å²) in [4.78, 5) is 18.6. The van der Waals surface area contributed by atoms with Crippen LogP contribution < -0.4 is 9.79 Å². The first-order valence-electron chi connectivity index (χ1n) is 9.39. The first-order chi connectivity index (χ1) is 13.8. The molecule has 0 saturated heterocycles. The Morgan fingerprint density at radius 1 is 0.656 bits per heavy atom. The average Bonchev–Trinajstić information content (AvgIpc) is 2.75. The summed E-state index contributed by atoms with van der Waals surface area (Å²) in [7, 11) is 0. The fourth-order valence-electron chi connectivity index (χ4n) is 1.95. The summed E-state index contributed by atoms with van der Waals surface area (Å²) < 4.78 is 0. The number of aryl methyl sites for hydroxylation is 3. The largest absolute Gasteiger partial charge is 2.00 e. The molecule has 0 fully saturated rings. The fourth-order valence-corrected chi connectivity index (χ4v) is 1.95. The molecule has 0 unspecified atom stereocenters. The SMILES string of the molecule is CCc1[c-]cccc1.CCc1[c-]cccc1.CCc1[c-]cccc1.[O-]P([O-])(=S)[S-].[Zn+2].[Zn+2].[Zn+2]. The van der Waals surface area contributed by atoms with Gasteiger partial charge in [-0.15, -0.1) is 0 Å². The predicted molar refractivity (Wildman–Crippen MR) is 126 cm³/mol. The van der Waals surface area contributed by atoms with Gasteiger partial charge in [0.1, 0.15) is 0 Å². The van der Waals surface area contributed by atoms with Gasteiger partial charge in [-0.3, -0.25) is 0 Å². The summed E-state index contributed by atoms with van der Waals surface area (Å²) in [6, 6.07) is 33.5. The molecule has 0 atom stereocenters. The normalized spacial score (nSPS) is 8.69. The summed E-state index contributed by atoms with van der Waals surface area (Å²) >= 11 is 7.28. The van der Waals surface area contributed by atoms with Crippen LogP contribution in [0, 0.1) is 18.2 Å². The van der Waals surface area contributed by atoms with Crippen LogP contribution in [0.2, 0.25) is 0 Å². The molecule has 0 aliphatic rings. The van der Waals surface area contributed by atoms with Gasteiger partial charge in [0.25, 0.3) is 0 Å². The Bertz CT molecular complexity index is 688. The Morgan fingerprint density at radius 2 is 0.875 bits per heavy atom. The monoisotopic (exact) mass is 634 g/mol. The van der Waals surface area contributed by atoms with E-state index in [-0.39, 0.29) is 58.4 Å². The molecule has 8 heteroatoms. The molecule has 3 rings (SSSR count). The Kier molecular flexibility index (Phi) is 32.3. The zero-order valence-corrected chi connectivity index (χ0v) is 30.7. The summed E-state index contributed by atoms with van der Waals surface area (Å²) in [6.45, 7) is 6.39. The van der Waals surface area contributed by atoms with Crippen molar-refractivity contribution >= 4 is 29.7 Å². The van der Waals surface area contributed by atoms with Crippen LogP contribution >= 0.6 is 5.69 Å². The summed E-state index contributed by atoms with van der Waals surface area (Å²) in [5, 5.41) is 0. The fraction of sp³-hybridized carbons (Fsp3) is 0.250. The molecule has 2 nitrogen and oxygen atoms in total. The molecule has 0 spiro atoms. The molecule has 0 N–H and O–H groups in total. The second-order valence-corrected chi connectivity index (χ2v) is 10.1. The van der Waals surface area contributed by atoms with Crippen LogP contribution in [0.5, 0.6) is 0 Å². The van der Waals surface area contributed by atoms with E-state index in [9.17, 15) is 9.79 Å². The van der Waals surface area contributed by atoms with E-state index in [0.717, 1.165) is 19.3 Å². The first-order valence-corrected chi connectivity index (χ1v) is 13.0. The van der Waals surface area contributed by atoms with Crippen molar-refractivity contribution < 1.29 is 68.2 Å². The maximum Gasteiger partial charge on any atom is 2.00 e. The minimum Gasteiger partial charge on any atom is -0.850 e. The van der Waals surface area contributed by atoms with Gasteiger partial charge in [0.15, 0.2) is 0 Å². The second kappa shape index (κ2) is 26.1. The maximum atomic E-state index is 9.29. The molecule has 3 aromatic carbocycles. The Balaban J connectivity index is -0.000000161. The Hall–Kier alpha value is 0.450. The van der Waals surface area contributed by atoms with E-state index in [4.69, 9.17) is 0 Å². The van der Waals surface area contributed by atoms with Crippen molar-refractivity contribution in [3.8, 4) is 0 Å². The van der Waals surface area contributed by atoms with Crippen LogP contribution in [0.3, 0.4) is 0 Å². The number of hydrogen-bond acceptors (Lipinski definition) is 4. The second-order valence-electron chi connectivity index (χ2n) is 5.67. The van der Waals surface area contributed by atoms with Crippen molar-refractivity contribution in [2.45, 2.75) is 40.0 Å². The molecule has 3 aromatic rings. The molecule has 0 saturated carbocycles. The summed E-state index contributed by atoms with van der Waals surface area (Å²) in [5.41, 5.74) is 0.132. The first kappa shape index (κ1) is 39.7. The van der Waals surface area contributed by atoms with E-state index in [1.807, 2.05) is 54.6 Å². The maximum absolute atomic E-state index is 9.29. The molecule has 0 radical (unpaired) electrons. The van der Waals surface area contributed by atoms with E-state index in [1.165, 1.54) is 16.7 Å². The molecule has 0 aromatic heterocycles. The molecule has 0 heterocycles. The van der Waals surface area contributed by atoms with Gasteiger partial charge in [0.2, 0.25) is 0 Å². The Morgan fingerprint density at radius 3 is 0.969 bits per heavy atom. The van der Waals surface area contributed by atoms with Crippen molar-refractivity contribution in [1.29, 1.82) is 0 Å². The molecule has 158 valence electrons. The Labute approximate surface area is 243 Å².